The van der Waals surface area contributed by atoms with E-state index in [2.05, 4.69) is 20.2 Å². The average Bonchev–Trinajstić information content (AvgIpc) is 3.20. The Hall–Kier alpha value is -2.55. The van der Waals surface area contributed by atoms with Crippen LogP contribution in [0.2, 0.25) is 5.02 Å². The van der Waals surface area contributed by atoms with Crippen molar-refractivity contribution in [2.45, 2.75) is 31.6 Å². The van der Waals surface area contributed by atoms with Crippen LogP contribution in [0.25, 0.3) is 0 Å². The van der Waals surface area contributed by atoms with Crippen LogP contribution in [-0.2, 0) is 19.1 Å². The van der Waals surface area contributed by atoms with Gasteiger partial charge in [-0.2, -0.15) is 23.4 Å². The van der Waals surface area contributed by atoms with E-state index in [4.69, 9.17) is 11.6 Å². The van der Waals surface area contributed by atoms with Gasteiger partial charge in [0.1, 0.15) is 12.4 Å². The third-order valence-corrected chi connectivity index (χ3v) is 5.31. The molecule has 28 heavy (non-hydrogen) atoms. The van der Waals surface area contributed by atoms with Gasteiger partial charge in [-0.1, -0.05) is 17.7 Å². The van der Waals surface area contributed by atoms with Crippen molar-refractivity contribution in [3.63, 3.8) is 0 Å². The smallest absolute Gasteiger partial charge is 0.332 e. The van der Waals surface area contributed by atoms with Crippen LogP contribution in [0.15, 0.2) is 34.8 Å². The highest BCUT2D eigenvalue weighted by Crippen LogP contribution is 2.37. The van der Waals surface area contributed by atoms with Crippen LogP contribution in [0, 0.1) is 0 Å². The first-order valence-corrected chi connectivity index (χ1v) is 9.08. The van der Waals surface area contributed by atoms with Crippen LogP contribution in [0.4, 0.5) is 13.2 Å². The second-order valence-corrected chi connectivity index (χ2v) is 6.99. The molecular weight excluding hydrogens is 395 g/mol. The number of amides is 1. The molecule has 0 bridgehead atoms. The second-order valence-electron chi connectivity index (χ2n) is 6.61. The summed E-state index contributed by atoms with van der Waals surface area (Å²) >= 11 is 5.90. The van der Waals surface area contributed by atoms with E-state index in [1.807, 2.05) is 0 Å². The highest BCUT2D eigenvalue weighted by atomic mass is 35.5. The lowest BCUT2D eigenvalue weighted by molar-refractivity contribution is -0.137. The number of halogens is 4. The minimum atomic E-state index is -4.63. The summed E-state index contributed by atoms with van der Waals surface area (Å²) in [5, 5.41) is 7.61. The molecule has 3 heterocycles. The molecule has 0 N–H and O–H groups in total. The van der Waals surface area contributed by atoms with Crippen molar-refractivity contribution < 1.29 is 18.0 Å². The summed E-state index contributed by atoms with van der Waals surface area (Å²) in [5.41, 5.74) is 1.24. The number of benzene rings is 1. The summed E-state index contributed by atoms with van der Waals surface area (Å²) in [4.78, 5) is 22.9. The van der Waals surface area contributed by atoms with Gasteiger partial charge in [0, 0.05) is 12.1 Å². The van der Waals surface area contributed by atoms with Crippen molar-refractivity contribution in [1.82, 2.24) is 14.9 Å². The van der Waals surface area contributed by atoms with Crippen molar-refractivity contribution in [1.29, 1.82) is 0 Å². The van der Waals surface area contributed by atoms with Crippen LogP contribution in [0.3, 0.4) is 0 Å². The van der Waals surface area contributed by atoms with Crippen LogP contribution in [0.1, 0.15) is 45.3 Å². The van der Waals surface area contributed by atoms with Crippen molar-refractivity contribution in [2.75, 3.05) is 13.1 Å². The van der Waals surface area contributed by atoms with Crippen molar-refractivity contribution in [2.24, 2.45) is 10.2 Å². The highest BCUT2D eigenvalue weighted by Gasteiger charge is 2.36. The third kappa shape index (κ3) is 3.34. The van der Waals surface area contributed by atoms with Gasteiger partial charge in [0.25, 0.3) is 5.91 Å². The lowest BCUT2D eigenvalue weighted by Gasteiger charge is -2.30. The summed E-state index contributed by atoms with van der Waals surface area (Å²) in [5.74, 6) is -0.553. The number of alkyl halides is 3. The van der Waals surface area contributed by atoms with Crippen molar-refractivity contribution in [3.05, 3.63) is 57.6 Å². The maximum Gasteiger partial charge on any atom is 0.417 e. The summed E-state index contributed by atoms with van der Waals surface area (Å²) in [6, 6.07) is 3.25. The predicted molar refractivity (Wildman–Crippen MR) is 94.0 cm³/mol. The number of nitrogens with zero attached hydrogens (tertiary/aromatic N) is 5. The second kappa shape index (κ2) is 7.12. The fourth-order valence-electron chi connectivity index (χ4n) is 3.51. The Morgan fingerprint density at radius 2 is 2.07 bits per heavy atom. The van der Waals surface area contributed by atoms with Gasteiger partial charge in [-0.15, -0.1) is 0 Å². The number of azo groups is 1. The normalized spacial score (nSPS) is 19.0. The third-order valence-electron chi connectivity index (χ3n) is 4.90. The van der Waals surface area contributed by atoms with Gasteiger partial charge in [-0.25, -0.2) is 9.97 Å². The zero-order valence-corrected chi connectivity index (χ0v) is 15.3. The van der Waals surface area contributed by atoms with E-state index in [0.717, 1.165) is 23.7 Å². The number of hydrogen-bond acceptors (Lipinski definition) is 5. The van der Waals surface area contributed by atoms with E-state index in [1.165, 1.54) is 23.4 Å². The predicted octanol–water partition coefficient (Wildman–Crippen LogP) is 4.24. The number of carbonyl (C=O) groups excluding carboxylic acids is 1. The lowest BCUT2D eigenvalue weighted by atomic mass is 9.97. The number of hydrogen-bond donors (Lipinski definition) is 0. The molecule has 146 valence electrons. The van der Waals surface area contributed by atoms with Crippen LogP contribution < -0.4 is 0 Å². The van der Waals surface area contributed by atoms with Gasteiger partial charge in [-0.05, 0) is 25.0 Å². The van der Waals surface area contributed by atoms with E-state index < -0.39 is 22.7 Å². The van der Waals surface area contributed by atoms with Crippen LogP contribution in [0.5, 0.6) is 0 Å². The maximum atomic E-state index is 13.1. The van der Waals surface area contributed by atoms with E-state index in [9.17, 15) is 18.0 Å². The first kappa shape index (κ1) is 18.8. The van der Waals surface area contributed by atoms with E-state index in [-0.39, 0.29) is 18.2 Å². The van der Waals surface area contributed by atoms with Gasteiger partial charge >= 0.3 is 6.18 Å². The summed E-state index contributed by atoms with van der Waals surface area (Å²) in [6.45, 7) is 1.17. The van der Waals surface area contributed by atoms with Crippen LogP contribution in [-0.4, -0.2) is 33.9 Å². The zero-order chi connectivity index (χ0) is 19.9. The Bertz CT molecular complexity index is 963. The Labute approximate surface area is 163 Å². The quantitative estimate of drug-likeness (QED) is 0.744. The molecule has 0 radical (unpaired) electrons. The summed E-state index contributed by atoms with van der Waals surface area (Å²) in [7, 11) is 0. The topological polar surface area (TPSA) is 70.8 Å². The number of rotatable bonds is 2. The molecular formula is C18H15ClF3N5O. The van der Waals surface area contributed by atoms with Crippen molar-refractivity contribution in [3.8, 4) is 0 Å². The van der Waals surface area contributed by atoms with Gasteiger partial charge < -0.3 is 4.90 Å². The highest BCUT2D eigenvalue weighted by molar-refractivity contribution is 6.34. The van der Waals surface area contributed by atoms with E-state index in [1.54, 1.807) is 0 Å². The Morgan fingerprint density at radius 3 is 2.79 bits per heavy atom. The van der Waals surface area contributed by atoms with Gasteiger partial charge in [0.15, 0.2) is 0 Å². The SMILES string of the molecule is O=C(c1cccc(C(F)(F)F)c1Cl)N1CCc2c(ncnc2C2CCN=N2)C1. The first-order chi connectivity index (χ1) is 13.4. The standard InChI is InChI=1S/C18H15ClF3N5O/c19-15-11(2-1-3-12(15)18(20,21)22)17(28)27-7-5-10-14(8-27)23-9-24-16(10)13-4-6-25-26-13/h1-3,9,13H,4-8H2. The monoisotopic (exact) mass is 409 g/mol. The summed E-state index contributed by atoms with van der Waals surface area (Å²) in [6.07, 6.45) is -1.92. The largest absolute Gasteiger partial charge is 0.417 e. The molecule has 2 aromatic rings. The fraction of sp³-hybridized carbons (Fsp3) is 0.389. The van der Waals surface area contributed by atoms with E-state index in [0.29, 0.717) is 25.2 Å². The molecule has 1 aromatic heterocycles. The van der Waals surface area contributed by atoms with Gasteiger partial charge in [0.2, 0.25) is 0 Å². The number of aromatic nitrogens is 2. The molecule has 2 aliphatic heterocycles. The van der Waals surface area contributed by atoms with Crippen molar-refractivity contribution >= 4 is 17.5 Å². The van der Waals surface area contributed by atoms with Gasteiger partial charge in [-0.3, -0.25) is 4.79 Å². The minimum Gasteiger partial charge on any atom is -0.332 e. The molecule has 4 rings (SSSR count). The maximum absolute atomic E-state index is 13.1. The van der Waals surface area contributed by atoms with Gasteiger partial charge in [0.05, 0.1) is 40.6 Å². The molecule has 1 unspecified atom stereocenters. The molecule has 0 saturated carbocycles. The minimum absolute atomic E-state index is 0.100. The Morgan fingerprint density at radius 1 is 1.25 bits per heavy atom. The number of carbonyl (C=O) groups is 1. The lowest BCUT2D eigenvalue weighted by Crippen LogP contribution is -2.37. The molecule has 1 aromatic carbocycles. The van der Waals surface area contributed by atoms with Crippen LogP contribution >= 0.6 is 11.6 Å². The first-order valence-electron chi connectivity index (χ1n) is 8.70. The fourth-order valence-corrected chi connectivity index (χ4v) is 3.83. The molecule has 10 heteroatoms. The molecule has 0 spiro atoms. The van der Waals surface area contributed by atoms with E-state index >= 15 is 0 Å². The Balaban J connectivity index is 1.61. The molecule has 0 aliphatic carbocycles. The average molecular weight is 410 g/mol. The summed E-state index contributed by atoms with van der Waals surface area (Å²) < 4.78 is 39.2. The Kier molecular flexibility index (Phi) is 4.78. The molecule has 1 atom stereocenters. The molecule has 1 amide bonds. The molecule has 6 nitrogen and oxygen atoms in total. The molecule has 2 aliphatic rings. The molecule has 0 saturated heterocycles. The zero-order valence-electron chi connectivity index (χ0n) is 14.6. The number of fused-ring (bicyclic) bond motifs is 1. The molecule has 0 fully saturated rings.